The minimum absolute atomic E-state index is 0.0386. The molecule has 21 heavy (non-hydrogen) atoms. The lowest BCUT2D eigenvalue weighted by atomic mass is 10.1. The fraction of sp³-hybridized carbons (Fsp3) is 0.0714. The second-order valence-electron chi connectivity index (χ2n) is 4.32. The van der Waals surface area contributed by atoms with Gasteiger partial charge in [0.05, 0.1) is 11.3 Å². The second-order valence-corrected chi connectivity index (χ2v) is 5.66. The van der Waals surface area contributed by atoms with Gasteiger partial charge in [-0.3, -0.25) is 4.79 Å². The van der Waals surface area contributed by atoms with Crippen molar-refractivity contribution in [3.05, 3.63) is 59.9 Å². The Bertz CT molecular complexity index is 758. The van der Waals surface area contributed by atoms with Crippen LogP contribution in [0, 0.1) is 5.82 Å². The Balaban J connectivity index is 2.03. The minimum Gasteiger partial charge on any atom is -0.326 e. The van der Waals surface area contributed by atoms with Crippen molar-refractivity contribution in [3.63, 3.8) is 0 Å². The van der Waals surface area contributed by atoms with Crippen LogP contribution in [0.5, 0.6) is 0 Å². The van der Waals surface area contributed by atoms with Crippen molar-refractivity contribution in [1.29, 1.82) is 0 Å². The molecule has 0 radical (unpaired) electrons. The molecular formula is C14H11F2NO3S. The quantitative estimate of drug-likeness (QED) is 0.883. The van der Waals surface area contributed by atoms with Gasteiger partial charge in [-0.25, -0.2) is 4.39 Å². The lowest BCUT2D eigenvalue weighted by molar-refractivity contribution is -0.115. The van der Waals surface area contributed by atoms with E-state index in [1.807, 2.05) is 0 Å². The third-order valence-electron chi connectivity index (χ3n) is 2.68. The van der Waals surface area contributed by atoms with Crippen molar-refractivity contribution in [2.24, 2.45) is 0 Å². The van der Waals surface area contributed by atoms with E-state index < -0.39 is 26.8 Å². The largest absolute Gasteiger partial charge is 0.332 e. The van der Waals surface area contributed by atoms with E-state index in [-0.39, 0.29) is 6.42 Å². The average Bonchev–Trinajstić information content (AvgIpc) is 2.38. The summed E-state index contributed by atoms with van der Waals surface area (Å²) in [5.41, 5.74) is 0.833. The van der Waals surface area contributed by atoms with Crippen molar-refractivity contribution in [3.8, 4) is 0 Å². The molecule has 0 aliphatic carbocycles. The zero-order valence-corrected chi connectivity index (χ0v) is 11.5. The summed E-state index contributed by atoms with van der Waals surface area (Å²) in [6, 6.07) is 10.3. The Morgan fingerprint density at radius 2 is 1.76 bits per heavy atom. The highest BCUT2D eigenvalue weighted by molar-refractivity contribution is 7.86. The average molecular weight is 311 g/mol. The van der Waals surface area contributed by atoms with Crippen LogP contribution in [0.4, 0.5) is 14.0 Å². The molecule has 7 heteroatoms. The molecule has 0 unspecified atom stereocenters. The Labute approximate surface area is 120 Å². The molecule has 4 nitrogen and oxygen atoms in total. The van der Waals surface area contributed by atoms with Crippen molar-refractivity contribution < 1.29 is 21.5 Å². The van der Waals surface area contributed by atoms with Gasteiger partial charge in [-0.15, -0.1) is 3.89 Å². The van der Waals surface area contributed by atoms with Crippen LogP contribution in [0.1, 0.15) is 5.56 Å². The molecule has 1 amide bonds. The molecule has 0 atom stereocenters. The summed E-state index contributed by atoms with van der Waals surface area (Å²) in [6.45, 7) is 0. The maximum Gasteiger partial charge on any atom is 0.332 e. The van der Waals surface area contributed by atoms with Crippen LogP contribution < -0.4 is 5.32 Å². The zero-order chi connectivity index (χ0) is 15.5. The summed E-state index contributed by atoms with van der Waals surface area (Å²) >= 11 is 0. The van der Waals surface area contributed by atoms with Crippen LogP contribution in [0.25, 0.3) is 0 Å². The van der Waals surface area contributed by atoms with Gasteiger partial charge in [-0.05, 0) is 35.9 Å². The normalized spacial score (nSPS) is 11.1. The fourth-order valence-electron chi connectivity index (χ4n) is 1.73. The molecule has 2 rings (SSSR count). The Hall–Kier alpha value is -2.28. The summed E-state index contributed by atoms with van der Waals surface area (Å²) in [4.78, 5) is 11.3. The van der Waals surface area contributed by atoms with Crippen molar-refractivity contribution in [2.75, 3.05) is 5.32 Å². The van der Waals surface area contributed by atoms with Crippen LogP contribution in [-0.4, -0.2) is 14.3 Å². The molecule has 2 aromatic carbocycles. The summed E-state index contributed by atoms with van der Waals surface area (Å²) in [7, 11) is -4.74. The molecular weight excluding hydrogens is 300 g/mol. The smallest absolute Gasteiger partial charge is 0.326 e. The number of anilines is 1. The molecule has 0 aliphatic rings. The van der Waals surface area contributed by atoms with Crippen LogP contribution in [0.15, 0.2) is 53.4 Å². The fourth-order valence-corrected chi connectivity index (χ4v) is 2.19. The van der Waals surface area contributed by atoms with Gasteiger partial charge in [0.1, 0.15) is 5.82 Å². The van der Waals surface area contributed by atoms with Crippen molar-refractivity contribution in [2.45, 2.75) is 11.3 Å². The summed E-state index contributed by atoms with van der Waals surface area (Å²) in [5.74, 6) is -0.859. The van der Waals surface area contributed by atoms with Crippen LogP contribution in [0.3, 0.4) is 0 Å². The molecule has 0 heterocycles. The molecule has 2 aromatic rings. The van der Waals surface area contributed by atoms with E-state index in [1.165, 1.54) is 30.3 Å². The first-order chi connectivity index (χ1) is 9.84. The standard InChI is InChI=1S/C14H11F2NO3S/c15-11-2-1-3-12(9-11)17-14(18)8-10-4-6-13(7-5-10)21(16,19)20/h1-7,9H,8H2,(H,17,18). The molecule has 0 fully saturated rings. The highest BCUT2D eigenvalue weighted by Gasteiger charge is 2.12. The summed E-state index contributed by atoms with van der Waals surface area (Å²) in [6.07, 6.45) is -0.0386. The Morgan fingerprint density at radius 1 is 1.10 bits per heavy atom. The lowest BCUT2D eigenvalue weighted by Crippen LogP contribution is -2.14. The van der Waals surface area contributed by atoms with Gasteiger partial charge in [0.2, 0.25) is 5.91 Å². The zero-order valence-electron chi connectivity index (χ0n) is 10.7. The van der Waals surface area contributed by atoms with Gasteiger partial charge < -0.3 is 5.32 Å². The van der Waals surface area contributed by atoms with Gasteiger partial charge in [0.25, 0.3) is 0 Å². The Morgan fingerprint density at radius 3 is 2.33 bits per heavy atom. The van der Waals surface area contributed by atoms with Crippen LogP contribution in [-0.2, 0) is 21.4 Å². The van der Waals surface area contributed by atoms with E-state index in [2.05, 4.69) is 5.32 Å². The number of hydrogen-bond acceptors (Lipinski definition) is 3. The molecule has 0 aromatic heterocycles. The monoisotopic (exact) mass is 311 g/mol. The molecule has 1 N–H and O–H groups in total. The predicted molar refractivity (Wildman–Crippen MR) is 73.5 cm³/mol. The maximum absolute atomic E-state index is 13.0. The maximum atomic E-state index is 13.0. The van der Waals surface area contributed by atoms with Crippen LogP contribution in [0.2, 0.25) is 0 Å². The number of nitrogens with one attached hydrogen (secondary N) is 1. The highest BCUT2D eigenvalue weighted by Crippen LogP contribution is 2.14. The number of rotatable bonds is 4. The third-order valence-corrected chi connectivity index (χ3v) is 3.51. The van der Waals surface area contributed by atoms with E-state index >= 15 is 0 Å². The molecule has 0 spiro atoms. The minimum atomic E-state index is -4.74. The SMILES string of the molecule is O=C(Cc1ccc(S(=O)(=O)F)cc1)Nc1cccc(F)c1. The molecule has 0 bridgehead atoms. The number of hydrogen-bond donors (Lipinski definition) is 1. The van der Waals surface area contributed by atoms with Gasteiger partial charge in [-0.1, -0.05) is 18.2 Å². The Kier molecular flexibility index (Phi) is 4.32. The van der Waals surface area contributed by atoms with E-state index in [0.29, 0.717) is 11.3 Å². The number of amides is 1. The summed E-state index contributed by atoms with van der Waals surface area (Å²) < 4.78 is 47.0. The molecule has 0 saturated carbocycles. The summed E-state index contributed by atoms with van der Waals surface area (Å²) in [5, 5.41) is 2.50. The first-order valence-electron chi connectivity index (χ1n) is 5.93. The van der Waals surface area contributed by atoms with Gasteiger partial charge in [-0.2, -0.15) is 8.42 Å². The molecule has 110 valence electrons. The molecule has 0 aliphatic heterocycles. The van der Waals surface area contributed by atoms with Gasteiger partial charge in [0.15, 0.2) is 0 Å². The van der Waals surface area contributed by atoms with E-state index in [9.17, 15) is 21.5 Å². The topological polar surface area (TPSA) is 63.2 Å². The number of benzene rings is 2. The van der Waals surface area contributed by atoms with Crippen molar-refractivity contribution >= 4 is 21.8 Å². The van der Waals surface area contributed by atoms with Gasteiger partial charge in [0, 0.05) is 5.69 Å². The first-order valence-corrected chi connectivity index (χ1v) is 7.32. The van der Waals surface area contributed by atoms with E-state index in [4.69, 9.17) is 0 Å². The number of halogens is 2. The predicted octanol–water partition coefficient (Wildman–Crippen LogP) is 2.67. The first kappa shape index (κ1) is 15.1. The third kappa shape index (κ3) is 4.35. The van der Waals surface area contributed by atoms with Crippen LogP contribution >= 0.6 is 0 Å². The second kappa shape index (κ2) is 6.01. The van der Waals surface area contributed by atoms with E-state index in [0.717, 1.165) is 12.1 Å². The lowest BCUT2D eigenvalue weighted by Gasteiger charge is -2.05. The van der Waals surface area contributed by atoms with E-state index in [1.54, 1.807) is 6.07 Å². The highest BCUT2D eigenvalue weighted by atomic mass is 32.3. The number of carbonyl (C=O) groups excluding carboxylic acids is 1. The molecule has 0 saturated heterocycles. The number of carbonyl (C=O) groups is 1. The van der Waals surface area contributed by atoms with Gasteiger partial charge >= 0.3 is 10.2 Å². The van der Waals surface area contributed by atoms with Crippen molar-refractivity contribution in [1.82, 2.24) is 0 Å².